The molecule has 3 heterocycles. The Balaban J connectivity index is 1.70. The van der Waals surface area contributed by atoms with Crippen LogP contribution in [-0.4, -0.2) is 63.3 Å². The predicted molar refractivity (Wildman–Crippen MR) is 102 cm³/mol. The summed E-state index contributed by atoms with van der Waals surface area (Å²) in [6.07, 6.45) is 0. The number of amides is 1. The highest BCUT2D eigenvalue weighted by Crippen LogP contribution is 2.20. The molecule has 1 N–H and O–H groups in total. The fraction of sp³-hybridized carbons (Fsp3) is 0.556. The molecule has 0 aromatic carbocycles. The van der Waals surface area contributed by atoms with Crippen molar-refractivity contribution in [2.75, 3.05) is 42.9 Å². The van der Waals surface area contributed by atoms with Crippen molar-refractivity contribution in [3.63, 3.8) is 0 Å². The second kappa shape index (κ2) is 7.31. The third-order valence-corrected chi connectivity index (χ3v) is 4.79. The van der Waals surface area contributed by atoms with Gasteiger partial charge in [-0.25, -0.2) is 4.98 Å². The van der Waals surface area contributed by atoms with Gasteiger partial charge in [0.2, 0.25) is 5.95 Å². The number of aryl methyl sites for hydroxylation is 3. The predicted octanol–water partition coefficient (Wildman–Crippen LogP) is 1.53. The molecule has 0 spiro atoms. The number of hydrogen-bond donors (Lipinski definition) is 1. The lowest BCUT2D eigenvalue weighted by Crippen LogP contribution is -2.49. The molecule has 2 aromatic rings. The molecule has 1 aliphatic rings. The van der Waals surface area contributed by atoms with Gasteiger partial charge < -0.3 is 15.1 Å². The number of piperazine rings is 1. The first-order valence-electron chi connectivity index (χ1n) is 9.04. The minimum absolute atomic E-state index is 0.0694. The molecular formula is C18H27N7O. The Morgan fingerprint density at radius 2 is 1.85 bits per heavy atom. The third-order valence-electron chi connectivity index (χ3n) is 4.79. The summed E-state index contributed by atoms with van der Waals surface area (Å²) in [6.45, 7) is 11.5. The number of hydrogen-bond acceptors (Lipinski definition) is 6. The zero-order valence-corrected chi connectivity index (χ0v) is 16.2. The lowest BCUT2D eigenvalue weighted by molar-refractivity contribution is 0.0745. The van der Waals surface area contributed by atoms with Gasteiger partial charge in [-0.05, 0) is 27.7 Å². The Morgan fingerprint density at radius 1 is 1.15 bits per heavy atom. The molecule has 140 valence electrons. The van der Waals surface area contributed by atoms with Crippen LogP contribution in [-0.2, 0) is 7.05 Å². The van der Waals surface area contributed by atoms with Crippen molar-refractivity contribution in [3.8, 4) is 0 Å². The summed E-state index contributed by atoms with van der Waals surface area (Å²) in [4.78, 5) is 26.0. The number of nitrogens with one attached hydrogen (secondary N) is 1. The summed E-state index contributed by atoms with van der Waals surface area (Å²) in [6, 6.07) is 1.99. The average Bonchev–Trinajstić information content (AvgIpc) is 2.86. The van der Waals surface area contributed by atoms with Crippen LogP contribution in [0.25, 0.3) is 0 Å². The fourth-order valence-corrected chi connectivity index (χ4v) is 3.33. The van der Waals surface area contributed by atoms with Gasteiger partial charge in [0.15, 0.2) is 0 Å². The molecule has 0 bridgehead atoms. The zero-order valence-electron chi connectivity index (χ0n) is 16.2. The zero-order chi connectivity index (χ0) is 18.8. The monoisotopic (exact) mass is 357 g/mol. The van der Waals surface area contributed by atoms with Gasteiger partial charge in [0, 0.05) is 57.2 Å². The molecule has 26 heavy (non-hydrogen) atoms. The van der Waals surface area contributed by atoms with E-state index in [1.807, 2.05) is 45.7 Å². The molecule has 1 aliphatic heterocycles. The SMILES string of the molecule is CCNc1nc(C)cc(N2CCN(C(=O)c3c(C)nn(C)c3C)CC2)n1. The van der Waals surface area contributed by atoms with E-state index < -0.39 is 0 Å². The molecule has 0 atom stereocenters. The van der Waals surface area contributed by atoms with Crippen molar-refractivity contribution in [2.45, 2.75) is 27.7 Å². The maximum atomic E-state index is 12.9. The summed E-state index contributed by atoms with van der Waals surface area (Å²) in [5.41, 5.74) is 3.37. The van der Waals surface area contributed by atoms with Crippen LogP contribution in [0, 0.1) is 20.8 Å². The van der Waals surface area contributed by atoms with Gasteiger partial charge >= 0.3 is 0 Å². The number of carbonyl (C=O) groups is 1. The van der Waals surface area contributed by atoms with Gasteiger partial charge in [0.05, 0.1) is 11.3 Å². The van der Waals surface area contributed by atoms with Crippen molar-refractivity contribution in [3.05, 3.63) is 28.7 Å². The minimum atomic E-state index is 0.0694. The molecule has 1 fully saturated rings. The van der Waals surface area contributed by atoms with E-state index in [0.29, 0.717) is 19.0 Å². The quantitative estimate of drug-likeness (QED) is 0.894. The van der Waals surface area contributed by atoms with Gasteiger partial charge in [-0.1, -0.05) is 0 Å². The Kier molecular flexibility index (Phi) is 5.11. The molecular weight excluding hydrogens is 330 g/mol. The number of rotatable bonds is 4. The van der Waals surface area contributed by atoms with E-state index in [1.165, 1.54) is 0 Å². The Bertz CT molecular complexity index is 806. The number of anilines is 2. The molecule has 1 amide bonds. The maximum absolute atomic E-state index is 12.9. The van der Waals surface area contributed by atoms with Crippen LogP contribution >= 0.6 is 0 Å². The van der Waals surface area contributed by atoms with Crippen LogP contribution in [0.15, 0.2) is 6.07 Å². The van der Waals surface area contributed by atoms with E-state index in [-0.39, 0.29) is 5.91 Å². The molecule has 8 heteroatoms. The first-order valence-corrected chi connectivity index (χ1v) is 9.04. The lowest BCUT2D eigenvalue weighted by atomic mass is 10.1. The van der Waals surface area contributed by atoms with Crippen LogP contribution in [0.3, 0.4) is 0 Å². The van der Waals surface area contributed by atoms with Gasteiger partial charge in [-0.2, -0.15) is 10.1 Å². The van der Waals surface area contributed by atoms with E-state index in [1.54, 1.807) is 4.68 Å². The molecule has 0 unspecified atom stereocenters. The molecule has 3 rings (SSSR count). The normalized spacial score (nSPS) is 14.7. The highest BCUT2D eigenvalue weighted by atomic mass is 16.2. The van der Waals surface area contributed by atoms with Crippen LogP contribution in [0.1, 0.15) is 34.4 Å². The van der Waals surface area contributed by atoms with Crippen LogP contribution < -0.4 is 10.2 Å². The molecule has 8 nitrogen and oxygen atoms in total. The second-order valence-corrected chi connectivity index (χ2v) is 6.67. The summed E-state index contributed by atoms with van der Waals surface area (Å²) < 4.78 is 1.77. The fourth-order valence-electron chi connectivity index (χ4n) is 3.33. The third kappa shape index (κ3) is 3.49. The van der Waals surface area contributed by atoms with Crippen LogP contribution in [0.4, 0.5) is 11.8 Å². The van der Waals surface area contributed by atoms with Crippen molar-refractivity contribution >= 4 is 17.7 Å². The van der Waals surface area contributed by atoms with E-state index in [2.05, 4.69) is 25.3 Å². The summed E-state index contributed by atoms with van der Waals surface area (Å²) in [5.74, 6) is 1.64. The second-order valence-electron chi connectivity index (χ2n) is 6.67. The molecule has 0 saturated carbocycles. The molecule has 1 saturated heterocycles. The van der Waals surface area contributed by atoms with Crippen molar-refractivity contribution in [2.24, 2.45) is 7.05 Å². The van der Waals surface area contributed by atoms with Gasteiger partial charge in [-0.15, -0.1) is 0 Å². The van der Waals surface area contributed by atoms with Crippen LogP contribution in [0.2, 0.25) is 0 Å². The lowest BCUT2D eigenvalue weighted by Gasteiger charge is -2.35. The smallest absolute Gasteiger partial charge is 0.257 e. The largest absolute Gasteiger partial charge is 0.354 e. The van der Waals surface area contributed by atoms with E-state index in [4.69, 9.17) is 0 Å². The maximum Gasteiger partial charge on any atom is 0.257 e. The summed E-state index contributed by atoms with van der Waals surface area (Å²) in [7, 11) is 1.87. The molecule has 0 aliphatic carbocycles. The first-order chi connectivity index (χ1) is 12.4. The number of carbonyl (C=O) groups excluding carboxylic acids is 1. The average molecular weight is 357 g/mol. The Labute approximate surface area is 154 Å². The molecule has 2 aromatic heterocycles. The van der Waals surface area contributed by atoms with Crippen molar-refractivity contribution < 1.29 is 4.79 Å². The number of nitrogens with zero attached hydrogens (tertiary/aromatic N) is 6. The molecule has 0 radical (unpaired) electrons. The van der Waals surface area contributed by atoms with Gasteiger partial charge in [0.25, 0.3) is 5.91 Å². The summed E-state index contributed by atoms with van der Waals surface area (Å²) >= 11 is 0. The standard InChI is InChI=1S/C18H27N7O/c1-6-19-18-20-12(2)11-15(21-18)24-7-9-25(10-8-24)17(26)16-13(3)22-23(5)14(16)4/h11H,6-10H2,1-5H3,(H,19,20,21). The van der Waals surface area contributed by atoms with E-state index in [9.17, 15) is 4.79 Å². The Hall–Kier alpha value is -2.64. The van der Waals surface area contributed by atoms with Crippen molar-refractivity contribution in [1.29, 1.82) is 0 Å². The highest BCUT2D eigenvalue weighted by Gasteiger charge is 2.27. The van der Waals surface area contributed by atoms with Crippen molar-refractivity contribution in [1.82, 2.24) is 24.6 Å². The van der Waals surface area contributed by atoms with Crippen LogP contribution in [0.5, 0.6) is 0 Å². The first kappa shape index (κ1) is 18.2. The Morgan fingerprint density at radius 3 is 2.42 bits per heavy atom. The minimum Gasteiger partial charge on any atom is -0.354 e. The topological polar surface area (TPSA) is 79.2 Å². The van der Waals surface area contributed by atoms with Gasteiger partial charge in [-0.3, -0.25) is 9.48 Å². The highest BCUT2D eigenvalue weighted by molar-refractivity contribution is 5.96. The van der Waals surface area contributed by atoms with Gasteiger partial charge in [0.1, 0.15) is 5.82 Å². The van der Waals surface area contributed by atoms with E-state index in [0.717, 1.165) is 48.1 Å². The van der Waals surface area contributed by atoms with E-state index >= 15 is 0 Å². The summed E-state index contributed by atoms with van der Waals surface area (Å²) in [5, 5.41) is 7.53. The number of aromatic nitrogens is 4.